The first-order valence-electron chi connectivity index (χ1n) is 7.84. The second kappa shape index (κ2) is 7.07. The Hall–Kier alpha value is -2.30. The molecule has 3 rings (SSSR count). The molecule has 0 spiro atoms. The lowest BCUT2D eigenvalue weighted by Gasteiger charge is -2.07. The number of hydrogen-bond acceptors (Lipinski definition) is 2. The zero-order valence-electron chi connectivity index (χ0n) is 13.4. The first kappa shape index (κ1) is 16.6. The Balaban J connectivity index is 1.70. The van der Waals surface area contributed by atoms with Gasteiger partial charge in [0.15, 0.2) is 0 Å². The number of aromatic nitrogens is 1. The van der Waals surface area contributed by atoms with Crippen molar-refractivity contribution in [3.8, 4) is 0 Å². The quantitative estimate of drug-likeness (QED) is 0.663. The van der Waals surface area contributed by atoms with Gasteiger partial charge in [0, 0.05) is 28.7 Å². The lowest BCUT2D eigenvalue weighted by Crippen LogP contribution is -2.25. The van der Waals surface area contributed by atoms with Crippen LogP contribution in [0.3, 0.4) is 0 Å². The molecule has 0 aliphatic carbocycles. The minimum atomic E-state index is -0.145. The van der Waals surface area contributed by atoms with E-state index in [-0.39, 0.29) is 12.5 Å². The van der Waals surface area contributed by atoms with Crippen molar-refractivity contribution in [1.29, 1.82) is 0 Å². The van der Waals surface area contributed by atoms with Crippen LogP contribution in [0.15, 0.2) is 42.5 Å². The molecule has 0 fully saturated rings. The zero-order valence-corrected chi connectivity index (χ0v) is 14.2. The first-order chi connectivity index (χ1) is 11.6. The number of aryl methyl sites for hydroxylation is 1. The van der Waals surface area contributed by atoms with Crippen molar-refractivity contribution in [3.63, 3.8) is 0 Å². The van der Waals surface area contributed by atoms with Gasteiger partial charge in [-0.1, -0.05) is 29.8 Å². The van der Waals surface area contributed by atoms with Crippen LogP contribution in [0.4, 0.5) is 0 Å². The van der Waals surface area contributed by atoms with Crippen LogP contribution in [0, 0.1) is 6.92 Å². The molecule has 0 unspecified atom stereocenters. The molecule has 0 aliphatic heterocycles. The molecule has 1 aromatic heterocycles. The number of aromatic amines is 1. The number of hydrogen-bond donors (Lipinski definition) is 3. The van der Waals surface area contributed by atoms with Gasteiger partial charge in [-0.25, -0.2) is 0 Å². The molecule has 4 nitrogen and oxygen atoms in total. The van der Waals surface area contributed by atoms with Crippen LogP contribution < -0.4 is 5.32 Å². The number of carbonyl (C=O) groups is 1. The van der Waals surface area contributed by atoms with Gasteiger partial charge in [-0.3, -0.25) is 4.79 Å². The summed E-state index contributed by atoms with van der Waals surface area (Å²) in [5.74, 6) is -0.145. The van der Waals surface area contributed by atoms with Crippen LogP contribution in [-0.2, 0) is 13.0 Å². The molecule has 0 saturated heterocycles. The Morgan fingerprint density at radius 3 is 2.83 bits per heavy atom. The van der Waals surface area contributed by atoms with Crippen molar-refractivity contribution in [2.24, 2.45) is 0 Å². The summed E-state index contributed by atoms with van der Waals surface area (Å²) in [6.07, 6.45) is 0.695. The molecule has 0 bridgehead atoms. The molecular weight excluding hydrogens is 324 g/mol. The molecule has 3 N–H and O–H groups in total. The van der Waals surface area contributed by atoms with E-state index in [1.54, 1.807) is 24.3 Å². The lowest BCUT2D eigenvalue weighted by atomic mass is 10.1. The second-order valence-electron chi connectivity index (χ2n) is 5.76. The smallest absolute Gasteiger partial charge is 0.251 e. The van der Waals surface area contributed by atoms with E-state index in [1.807, 2.05) is 25.1 Å². The number of aliphatic hydroxyl groups excluding tert-OH is 1. The Morgan fingerprint density at radius 2 is 2.04 bits per heavy atom. The summed E-state index contributed by atoms with van der Waals surface area (Å²) in [7, 11) is 0. The number of H-pyrrole nitrogens is 1. The van der Waals surface area contributed by atoms with Gasteiger partial charge in [0.25, 0.3) is 5.91 Å². The summed E-state index contributed by atoms with van der Waals surface area (Å²) in [5.41, 5.74) is 4.48. The number of fused-ring (bicyclic) bond motifs is 1. The monoisotopic (exact) mass is 342 g/mol. The summed E-state index contributed by atoms with van der Waals surface area (Å²) in [6, 6.07) is 12.8. The number of nitrogens with one attached hydrogen (secondary N) is 2. The topological polar surface area (TPSA) is 65.1 Å². The average Bonchev–Trinajstić information content (AvgIpc) is 2.92. The number of amides is 1. The summed E-state index contributed by atoms with van der Waals surface area (Å²) in [6.45, 7) is 2.45. The SMILES string of the molecule is Cc1[nH]c2cccc(Cl)c2c1CCNC(=O)c1cccc(CO)c1. The van der Waals surface area contributed by atoms with Gasteiger partial charge >= 0.3 is 0 Å². The minimum Gasteiger partial charge on any atom is -0.392 e. The summed E-state index contributed by atoms with van der Waals surface area (Å²) >= 11 is 6.32. The molecular formula is C19H19ClN2O2. The normalized spacial score (nSPS) is 11.0. The highest BCUT2D eigenvalue weighted by atomic mass is 35.5. The highest BCUT2D eigenvalue weighted by Gasteiger charge is 2.12. The van der Waals surface area contributed by atoms with Crippen LogP contribution >= 0.6 is 11.6 Å². The van der Waals surface area contributed by atoms with Crippen molar-refractivity contribution in [2.45, 2.75) is 20.0 Å². The molecule has 0 saturated carbocycles. The van der Waals surface area contributed by atoms with E-state index in [2.05, 4.69) is 10.3 Å². The van der Waals surface area contributed by atoms with Gasteiger partial charge < -0.3 is 15.4 Å². The molecule has 124 valence electrons. The van der Waals surface area contributed by atoms with E-state index < -0.39 is 0 Å². The van der Waals surface area contributed by atoms with Crippen molar-refractivity contribution in [2.75, 3.05) is 6.54 Å². The van der Waals surface area contributed by atoms with Crippen molar-refractivity contribution in [3.05, 3.63) is 69.9 Å². The van der Waals surface area contributed by atoms with Gasteiger partial charge in [-0.05, 0) is 48.7 Å². The molecule has 0 aliphatic rings. The third-order valence-corrected chi connectivity index (χ3v) is 4.44. The number of benzene rings is 2. The highest BCUT2D eigenvalue weighted by molar-refractivity contribution is 6.35. The Morgan fingerprint density at radius 1 is 1.25 bits per heavy atom. The first-order valence-corrected chi connectivity index (χ1v) is 8.21. The molecule has 1 amide bonds. The Labute approximate surface area is 145 Å². The van der Waals surface area contributed by atoms with E-state index in [0.717, 1.165) is 27.7 Å². The Bertz CT molecular complexity index is 886. The van der Waals surface area contributed by atoms with Crippen molar-refractivity contribution >= 4 is 28.4 Å². The van der Waals surface area contributed by atoms with Crippen molar-refractivity contribution < 1.29 is 9.90 Å². The number of halogens is 1. The number of aliphatic hydroxyl groups is 1. The molecule has 0 atom stereocenters. The predicted molar refractivity (Wildman–Crippen MR) is 96.4 cm³/mol. The molecule has 3 aromatic rings. The average molecular weight is 343 g/mol. The largest absolute Gasteiger partial charge is 0.392 e. The molecule has 2 aromatic carbocycles. The highest BCUT2D eigenvalue weighted by Crippen LogP contribution is 2.29. The number of carbonyl (C=O) groups excluding carboxylic acids is 1. The van der Waals surface area contributed by atoms with E-state index in [4.69, 9.17) is 16.7 Å². The predicted octanol–water partition coefficient (Wildman–Crippen LogP) is 3.59. The fraction of sp³-hybridized carbons (Fsp3) is 0.211. The van der Waals surface area contributed by atoms with Crippen LogP contribution in [0.25, 0.3) is 10.9 Å². The van der Waals surface area contributed by atoms with E-state index in [0.29, 0.717) is 23.6 Å². The molecule has 0 radical (unpaired) electrons. The van der Waals surface area contributed by atoms with Gasteiger partial charge in [-0.2, -0.15) is 0 Å². The minimum absolute atomic E-state index is 0.0752. The van der Waals surface area contributed by atoms with Crippen LogP contribution in [0.1, 0.15) is 27.2 Å². The fourth-order valence-corrected chi connectivity index (χ4v) is 3.22. The van der Waals surface area contributed by atoms with Crippen LogP contribution in [-0.4, -0.2) is 22.5 Å². The second-order valence-corrected chi connectivity index (χ2v) is 6.16. The molecule has 5 heteroatoms. The standard InChI is InChI=1S/C19H19ClN2O2/c1-12-15(18-16(20)6-3-7-17(18)22-12)8-9-21-19(24)14-5-2-4-13(10-14)11-23/h2-7,10,22-23H,8-9,11H2,1H3,(H,21,24). The maximum Gasteiger partial charge on any atom is 0.251 e. The van der Waals surface area contributed by atoms with E-state index in [9.17, 15) is 4.79 Å². The summed E-state index contributed by atoms with van der Waals surface area (Å²) in [5, 5.41) is 13.8. The van der Waals surface area contributed by atoms with Gasteiger partial charge in [0.2, 0.25) is 0 Å². The molecule has 24 heavy (non-hydrogen) atoms. The van der Waals surface area contributed by atoms with Crippen molar-refractivity contribution in [1.82, 2.24) is 10.3 Å². The van der Waals surface area contributed by atoms with Gasteiger partial charge in [0.05, 0.1) is 11.6 Å². The third-order valence-electron chi connectivity index (χ3n) is 4.12. The van der Waals surface area contributed by atoms with Gasteiger partial charge in [-0.15, -0.1) is 0 Å². The third kappa shape index (κ3) is 3.30. The summed E-state index contributed by atoms with van der Waals surface area (Å²) in [4.78, 5) is 15.6. The van der Waals surface area contributed by atoms with Crippen LogP contribution in [0.5, 0.6) is 0 Å². The van der Waals surface area contributed by atoms with Crippen LogP contribution in [0.2, 0.25) is 5.02 Å². The number of rotatable bonds is 5. The Kier molecular flexibility index (Phi) is 4.88. The van der Waals surface area contributed by atoms with Gasteiger partial charge in [0.1, 0.15) is 0 Å². The summed E-state index contributed by atoms with van der Waals surface area (Å²) < 4.78 is 0. The molecule has 1 heterocycles. The fourth-order valence-electron chi connectivity index (χ4n) is 2.93. The maximum absolute atomic E-state index is 12.2. The van der Waals surface area contributed by atoms with E-state index in [1.165, 1.54) is 0 Å². The maximum atomic E-state index is 12.2. The lowest BCUT2D eigenvalue weighted by molar-refractivity contribution is 0.0954. The van der Waals surface area contributed by atoms with E-state index >= 15 is 0 Å². The zero-order chi connectivity index (χ0) is 17.1.